The number of benzene rings is 2. The monoisotopic (exact) mass is 523 g/mol. The molecule has 0 spiro atoms. The van der Waals surface area contributed by atoms with E-state index >= 15 is 0 Å². The molecule has 2 N–H and O–H groups in total. The van der Waals surface area contributed by atoms with Gasteiger partial charge in [0.05, 0.1) is 10.5 Å². The number of sulfonamides is 1. The molecule has 1 aliphatic heterocycles. The maximum Gasteiger partial charge on any atom is 0.256 e. The Morgan fingerprint density at radius 3 is 2.36 bits per heavy atom. The Labute approximate surface area is 215 Å². The molecule has 0 bridgehead atoms. The Morgan fingerprint density at radius 2 is 1.61 bits per heavy atom. The van der Waals surface area contributed by atoms with E-state index in [9.17, 15) is 18.0 Å². The van der Waals surface area contributed by atoms with Crippen LogP contribution in [-0.2, 0) is 35.8 Å². The Morgan fingerprint density at radius 1 is 0.889 bits per heavy atom. The van der Waals surface area contributed by atoms with Gasteiger partial charge >= 0.3 is 0 Å². The van der Waals surface area contributed by atoms with Gasteiger partial charge in [-0.25, -0.2) is 8.42 Å². The predicted octanol–water partition coefficient (Wildman–Crippen LogP) is 4.38. The molecule has 1 aromatic heterocycles. The van der Waals surface area contributed by atoms with E-state index in [-0.39, 0.29) is 16.7 Å². The van der Waals surface area contributed by atoms with Crippen molar-refractivity contribution in [3.63, 3.8) is 0 Å². The third kappa shape index (κ3) is 4.70. The van der Waals surface area contributed by atoms with Crippen molar-refractivity contribution < 1.29 is 18.0 Å². The normalized spacial score (nSPS) is 15.9. The van der Waals surface area contributed by atoms with Crippen molar-refractivity contribution in [3.8, 4) is 0 Å². The summed E-state index contributed by atoms with van der Waals surface area (Å²) in [7, 11) is -2.09. The molecule has 2 aliphatic rings. The van der Waals surface area contributed by atoms with Crippen LogP contribution in [0.25, 0.3) is 0 Å². The quantitative estimate of drug-likeness (QED) is 0.486. The molecule has 2 aromatic carbocycles. The van der Waals surface area contributed by atoms with Crippen molar-refractivity contribution in [2.45, 2.75) is 50.0 Å². The number of anilines is 1. The summed E-state index contributed by atoms with van der Waals surface area (Å²) in [4.78, 5) is 27.0. The van der Waals surface area contributed by atoms with E-state index < -0.39 is 10.0 Å². The average molecular weight is 524 g/mol. The topological polar surface area (TPSA) is 95.6 Å². The first-order valence-corrected chi connectivity index (χ1v) is 14.5. The van der Waals surface area contributed by atoms with Gasteiger partial charge in [0, 0.05) is 30.6 Å². The molecular formula is C27H29N3O4S2. The molecule has 9 heteroatoms. The number of carbonyl (C=O) groups is 2. The van der Waals surface area contributed by atoms with E-state index in [1.165, 1.54) is 45.5 Å². The van der Waals surface area contributed by atoms with Crippen LogP contribution in [0.4, 0.5) is 5.00 Å². The largest absolute Gasteiger partial charge is 0.355 e. The molecule has 2 heterocycles. The molecule has 1 aliphatic carbocycles. The van der Waals surface area contributed by atoms with E-state index in [4.69, 9.17) is 0 Å². The summed E-state index contributed by atoms with van der Waals surface area (Å²) in [5, 5.41) is 6.16. The smallest absolute Gasteiger partial charge is 0.256 e. The van der Waals surface area contributed by atoms with Crippen LogP contribution in [0.3, 0.4) is 0 Å². The molecule has 5 rings (SSSR count). The molecule has 36 heavy (non-hydrogen) atoms. The van der Waals surface area contributed by atoms with Crippen molar-refractivity contribution in [2.75, 3.05) is 18.9 Å². The summed E-state index contributed by atoms with van der Waals surface area (Å²) in [6, 6.07) is 13.9. The summed E-state index contributed by atoms with van der Waals surface area (Å²) in [5.74, 6) is -0.568. The number of rotatable bonds is 5. The van der Waals surface area contributed by atoms with Crippen LogP contribution in [-0.4, -0.2) is 38.1 Å². The molecule has 0 radical (unpaired) electrons. The van der Waals surface area contributed by atoms with Crippen molar-refractivity contribution in [1.82, 2.24) is 9.62 Å². The summed E-state index contributed by atoms with van der Waals surface area (Å²) in [6.07, 6.45) is 5.65. The highest BCUT2D eigenvalue weighted by Gasteiger charge is 2.29. The Bertz CT molecular complexity index is 1410. The molecule has 3 aromatic rings. The highest BCUT2D eigenvalue weighted by atomic mass is 32.2. The third-order valence-electron chi connectivity index (χ3n) is 6.95. The van der Waals surface area contributed by atoms with E-state index in [2.05, 4.69) is 10.6 Å². The van der Waals surface area contributed by atoms with Gasteiger partial charge < -0.3 is 10.6 Å². The maximum atomic E-state index is 13.2. The number of nitrogens with one attached hydrogen (secondary N) is 2. The van der Waals surface area contributed by atoms with Crippen LogP contribution in [0.5, 0.6) is 0 Å². The summed E-state index contributed by atoms with van der Waals surface area (Å²) in [5.41, 5.74) is 4.13. The van der Waals surface area contributed by atoms with Gasteiger partial charge in [-0.1, -0.05) is 30.7 Å². The minimum atomic E-state index is -3.68. The molecule has 0 atom stereocenters. The Hall–Kier alpha value is -3.01. The molecule has 0 unspecified atom stereocenters. The Kier molecular flexibility index (Phi) is 6.96. The van der Waals surface area contributed by atoms with Crippen molar-refractivity contribution in [1.29, 1.82) is 0 Å². The standard InChI is InChI=1S/C27H29N3O4S2/c1-28-26(32)24-22-9-3-2-4-10-23(22)35-27(24)29-25(31)19-11-13-21(14-12-19)36(33,34)30-16-15-18-7-5-6-8-20(18)17-30/h5-8,11-14H,2-4,9-10,15-17H2,1H3,(H,28,32)(H,29,31). The zero-order valence-electron chi connectivity index (χ0n) is 20.2. The average Bonchev–Trinajstić information content (AvgIpc) is 3.07. The van der Waals surface area contributed by atoms with E-state index in [1.54, 1.807) is 7.05 Å². The van der Waals surface area contributed by atoms with Gasteiger partial charge in [-0.15, -0.1) is 11.3 Å². The minimum absolute atomic E-state index is 0.160. The fraction of sp³-hybridized carbons (Fsp3) is 0.333. The number of aryl methyl sites for hydroxylation is 1. The van der Waals surface area contributed by atoms with Crippen LogP contribution >= 0.6 is 11.3 Å². The number of thiophene rings is 1. The lowest BCUT2D eigenvalue weighted by Gasteiger charge is -2.28. The lowest BCUT2D eigenvalue weighted by Crippen LogP contribution is -2.35. The number of hydrogen-bond acceptors (Lipinski definition) is 5. The summed E-state index contributed by atoms with van der Waals surface area (Å²) < 4.78 is 28.0. The van der Waals surface area contributed by atoms with Crippen molar-refractivity contribution >= 4 is 38.2 Å². The molecule has 7 nitrogen and oxygen atoms in total. The Balaban J connectivity index is 1.35. The zero-order chi connectivity index (χ0) is 25.3. The molecule has 188 valence electrons. The number of amides is 2. The van der Waals surface area contributed by atoms with Crippen LogP contribution < -0.4 is 10.6 Å². The van der Waals surface area contributed by atoms with Crippen LogP contribution in [0.2, 0.25) is 0 Å². The number of hydrogen-bond donors (Lipinski definition) is 2. The van der Waals surface area contributed by atoms with Crippen molar-refractivity contribution in [3.05, 3.63) is 81.2 Å². The van der Waals surface area contributed by atoms with Crippen LogP contribution in [0.1, 0.15) is 61.5 Å². The van der Waals surface area contributed by atoms with E-state index in [0.717, 1.165) is 48.1 Å². The minimum Gasteiger partial charge on any atom is -0.355 e. The number of fused-ring (bicyclic) bond motifs is 2. The van der Waals surface area contributed by atoms with Gasteiger partial charge in [0.1, 0.15) is 5.00 Å². The molecule has 0 saturated carbocycles. The molecule has 0 fully saturated rings. The first kappa shape index (κ1) is 24.7. The number of carbonyl (C=O) groups excluding carboxylic acids is 2. The number of nitrogens with zero attached hydrogens (tertiary/aromatic N) is 1. The molecule has 0 saturated heterocycles. The summed E-state index contributed by atoms with van der Waals surface area (Å²) >= 11 is 1.47. The first-order chi connectivity index (χ1) is 17.4. The first-order valence-electron chi connectivity index (χ1n) is 12.2. The fourth-order valence-corrected chi connectivity index (χ4v) is 7.67. The maximum absolute atomic E-state index is 13.2. The SMILES string of the molecule is CNC(=O)c1c(NC(=O)c2ccc(S(=O)(=O)N3CCc4ccccc4C3)cc2)sc2c1CCCCC2. The lowest BCUT2D eigenvalue weighted by atomic mass is 10.0. The zero-order valence-corrected chi connectivity index (χ0v) is 21.8. The van der Waals surface area contributed by atoms with Gasteiger partial charge in [-0.05, 0) is 73.1 Å². The lowest BCUT2D eigenvalue weighted by molar-refractivity contribution is 0.0963. The van der Waals surface area contributed by atoms with E-state index in [0.29, 0.717) is 35.6 Å². The molecular weight excluding hydrogens is 494 g/mol. The van der Waals surface area contributed by atoms with Gasteiger partial charge in [0.25, 0.3) is 11.8 Å². The molecule has 2 amide bonds. The fourth-order valence-electron chi connectivity index (χ4n) is 4.97. The summed E-state index contributed by atoms with van der Waals surface area (Å²) in [6.45, 7) is 0.763. The second-order valence-corrected chi connectivity index (χ2v) is 12.2. The van der Waals surface area contributed by atoms with Gasteiger partial charge in [-0.2, -0.15) is 4.31 Å². The predicted molar refractivity (Wildman–Crippen MR) is 141 cm³/mol. The third-order valence-corrected chi connectivity index (χ3v) is 10.0. The second-order valence-electron chi connectivity index (χ2n) is 9.18. The highest BCUT2D eigenvalue weighted by molar-refractivity contribution is 7.89. The van der Waals surface area contributed by atoms with Gasteiger partial charge in [0.2, 0.25) is 10.0 Å². The second kappa shape index (κ2) is 10.2. The van der Waals surface area contributed by atoms with Gasteiger partial charge in [0.15, 0.2) is 0 Å². The highest BCUT2D eigenvalue weighted by Crippen LogP contribution is 2.37. The van der Waals surface area contributed by atoms with Gasteiger partial charge in [-0.3, -0.25) is 9.59 Å². The van der Waals surface area contributed by atoms with E-state index in [1.807, 2.05) is 24.3 Å². The van der Waals surface area contributed by atoms with Crippen LogP contribution in [0, 0.1) is 0 Å². The van der Waals surface area contributed by atoms with Crippen molar-refractivity contribution in [2.24, 2.45) is 0 Å². The van der Waals surface area contributed by atoms with Crippen LogP contribution in [0.15, 0.2) is 53.4 Å².